The molecule has 96 valence electrons. The summed E-state index contributed by atoms with van der Waals surface area (Å²) in [6.07, 6.45) is 0.954. The minimum atomic E-state index is 0.200. The minimum Gasteiger partial charge on any atom is -0.395 e. The van der Waals surface area contributed by atoms with Gasteiger partial charge in [0.25, 0.3) is 0 Å². The molecule has 0 bridgehead atoms. The molecule has 1 aromatic carbocycles. The second-order valence-electron chi connectivity index (χ2n) is 4.43. The molecular formula is C14H24N2O. The number of para-hydroxylation sites is 1. The van der Waals surface area contributed by atoms with E-state index in [1.807, 2.05) is 0 Å². The number of aliphatic hydroxyl groups is 1. The Morgan fingerprint density at radius 3 is 2.65 bits per heavy atom. The molecule has 3 heteroatoms. The molecule has 1 rings (SSSR count). The van der Waals surface area contributed by atoms with Crippen LogP contribution in [0.4, 0.5) is 5.69 Å². The normalized spacial score (nSPS) is 12.5. The molecule has 0 aliphatic carbocycles. The summed E-state index contributed by atoms with van der Waals surface area (Å²) in [6, 6.07) is 8.58. The number of anilines is 1. The topological polar surface area (TPSA) is 35.5 Å². The summed E-state index contributed by atoms with van der Waals surface area (Å²) in [7, 11) is 2.10. The van der Waals surface area contributed by atoms with Gasteiger partial charge >= 0.3 is 0 Å². The van der Waals surface area contributed by atoms with Gasteiger partial charge in [-0.05, 0) is 31.5 Å². The molecule has 0 saturated heterocycles. The first-order valence-corrected chi connectivity index (χ1v) is 6.30. The highest BCUT2D eigenvalue weighted by Gasteiger charge is 2.08. The maximum absolute atomic E-state index is 9.21. The number of likely N-dealkylation sites (N-methyl/N-ethyl adjacent to an activating group) is 1. The zero-order valence-corrected chi connectivity index (χ0v) is 11.1. The summed E-state index contributed by atoms with van der Waals surface area (Å²) in [6.45, 7) is 6.24. The highest BCUT2D eigenvalue weighted by molar-refractivity contribution is 5.52. The maximum Gasteiger partial charge on any atom is 0.0585 e. The Bertz CT molecular complexity index is 328. The molecular weight excluding hydrogens is 212 g/mol. The number of aryl methyl sites for hydroxylation is 1. The van der Waals surface area contributed by atoms with Crippen molar-refractivity contribution in [1.29, 1.82) is 0 Å². The summed E-state index contributed by atoms with van der Waals surface area (Å²) in [5.41, 5.74) is 2.56. The molecule has 0 aromatic heterocycles. The zero-order valence-electron chi connectivity index (χ0n) is 11.1. The van der Waals surface area contributed by atoms with Crippen molar-refractivity contribution in [2.45, 2.75) is 26.3 Å². The van der Waals surface area contributed by atoms with Crippen LogP contribution >= 0.6 is 0 Å². The first-order valence-electron chi connectivity index (χ1n) is 6.30. The molecule has 1 aromatic rings. The van der Waals surface area contributed by atoms with Gasteiger partial charge in [0.2, 0.25) is 0 Å². The Hall–Kier alpha value is -1.06. The standard InChI is InChI=1S/C14H24N2O/c1-4-15-13(11-17)9-10-16(3)14-8-6-5-7-12(14)2/h5-8,13,15,17H,4,9-11H2,1-3H3. The summed E-state index contributed by atoms with van der Waals surface area (Å²) >= 11 is 0. The van der Waals surface area contributed by atoms with E-state index in [2.05, 4.69) is 55.4 Å². The van der Waals surface area contributed by atoms with Gasteiger partial charge < -0.3 is 15.3 Å². The molecule has 0 heterocycles. The highest BCUT2D eigenvalue weighted by Crippen LogP contribution is 2.17. The Kier molecular flexibility index (Phi) is 6.01. The lowest BCUT2D eigenvalue weighted by Crippen LogP contribution is -2.35. The molecule has 0 aliphatic rings. The fourth-order valence-electron chi connectivity index (χ4n) is 2.01. The third-order valence-corrected chi connectivity index (χ3v) is 3.05. The second-order valence-corrected chi connectivity index (χ2v) is 4.43. The van der Waals surface area contributed by atoms with Crippen LogP contribution in [0.3, 0.4) is 0 Å². The van der Waals surface area contributed by atoms with Gasteiger partial charge in [-0.25, -0.2) is 0 Å². The van der Waals surface area contributed by atoms with Gasteiger partial charge in [-0.3, -0.25) is 0 Å². The lowest BCUT2D eigenvalue weighted by atomic mass is 10.1. The van der Waals surface area contributed by atoms with Crippen molar-refractivity contribution in [3.05, 3.63) is 29.8 Å². The first kappa shape index (κ1) is 14.0. The Balaban J connectivity index is 2.49. The molecule has 0 aliphatic heterocycles. The largest absolute Gasteiger partial charge is 0.395 e. The number of hydrogen-bond acceptors (Lipinski definition) is 3. The lowest BCUT2D eigenvalue weighted by molar-refractivity contribution is 0.238. The van der Waals surface area contributed by atoms with Crippen LogP contribution in [0.1, 0.15) is 18.9 Å². The number of nitrogens with one attached hydrogen (secondary N) is 1. The molecule has 3 nitrogen and oxygen atoms in total. The average Bonchev–Trinajstić information content (AvgIpc) is 2.34. The fraction of sp³-hybridized carbons (Fsp3) is 0.571. The summed E-state index contributed by atoms with van der Waals surface area (Å²) in [5, 5.41) is 12.5. The van der Waals surface area contributed by atoms with Crippen molar-refractivity contribution in [2.75, 3.05) is 31.6 Å². The SMILES string of the molecule is CCNC(CO)CCN(C)c1ccccc1C. The monoisotopic (exact) mass is 236 g/mol. The van der Waals surface area contributed by atoms with Crippen molar-refractivity contribution < 1.29 is 5.11 Å². The molecule has 0 radical (unpaired) electrons. The third kappa shape index (κ3) is 4.36. The van der Waals surface area contributed by atoms with Crippen molar-refractivity contribution in [1.82, 2.24) is 5.32 Å². The fourth-order valence-corrected chi connectivity index (χ4v) is 2.01. The van der Waals surface area contributed by atoms with Crippen LogP contribution in [0.15, 0.2) is 24.3 Å². The molecule has 0 amide bonds. The van der Waals surface area contributed by atoms with Gasteiger partial charge in [0.1, 0.15) is 0 Å². The molecule has 0 fully saturated rings. The molecule has 1 atom stereocenters. The third-order valence-electron chi connectivity index (χ3n) is 3.05. The van der Waals surface area contributed by atoms with E-state index in [0.29, 0.717) is 0 Å². The van der Waals surface area contributed by atoms with E-state index in [9.17, 15) is 5.11 Å². The van der Waals surface area contributed by atoms with Crippen molar-refractivity contribution in [3.63, 3.8) is 0 Å². The summed E-state index contributed by atoms with van der Waals surface area (Å²) in [5.74, 6) is 0. The highest BCUT2D eigenvalue weighted by atomic mass is 16.3. The van der Waals surface area contributed by atoms with Crippen molar-refractivity contribution in [2.24, 2.45) is 0 Å². The number of hydrogen-bond donors (Lipinski definition) is 2. The number of aliphatic hydroxyl groups excluding tert-OH is 1. The van der Waals surface area contributed by atoms with E-state index >= 15 is 0 Å². The molecule has 2 N–H and O–H groups in total. The Morgan fingerprint density at radius 1 is 1.35 bits per heavy atom. The molecule has 0 saturated carbocycles. The van der Waals surface area contributed by atoms with Crippen LogP contribution < -0.4 is 10.2 Å². The average molecular weight is 236 g/mol. The second kappa shape index (κ2) is 7.30. The van der Waals surface area contributed by atoms with Gasteiger partial charge in [-0.2, -0.15) is 0 Å². The molecule has 0 spiro atoms. The first-order chi connectivity index (χ1) is 8.19. The predicted octanol–water partition coefficient (Wildman–Crippen LogP) is 1.79. The van der Waals surface area contributed by atoms with Gasteiger partial charge in [-0.15, -0.1) is 0 Å². The van der Waals surface area contributed by atoms with E-state index in [4.69, 9.17) is 0 Å². The smallest absolute Gasteiger partial charge is 0.0585 e. The Labute approximate surface area is 104 Å². The van der Waals surface area contributed by atoms with Gasteiger partial charge in [0.15, 0.2) is 0 Å². The van der Waals surface area contributed by atoms with E-state index in [1.165, 1.54) is 11.3 Å². The van der Waals surface area contributed by atoms with Crippen LogP contribution in [0.2, 0.25) is 0 Å². The van der Waals surface area contributed by atoms with Gasteiger partial charge in [0.05, 0.1) is 6.61 Å². The van der Waals surface area contributed by atoms with Crippen LogP contribution in [0.25, 0.3) is 0 Å². The maximum atomic E-state index is 9.21. The van der Waals surface area contributed by atoms with Gasteiger partial charge in [-0.1, -0.05) is 25.1 Å². The lowest BCUT2D eigenvalue weighted by Gasteiger charge is -2.24. The number of rotatable bonds is 7. The predicted molar refractivity (Wildman–Crippen MR) is 73.6 cm³/mol. The molecule has 17 heavy (non-hydrogen) atoms. The van der Waals surface area contributed by atoms with E-state index in [0.717, 1.165) is 19.5 Å². The van der Waals surface area contributed by atoms with Crippen LogP contribution in [-0.4, -0.2) is 37.9 Å². The van der Waals surface area contributed by atoms with E-state index in [1.54, 1.807) is 0 Å². The number of nitrogens with zero attached hydrogens (tertiary/aromatic N) is 1. The number of benzene rings is 1. The van der Waals surface area contributed by atoms with Crippen LogP contribution in [0, 0.1) is 6.92 Å². The minimum absolute atomic E-state index is 0.200. The van der Waals surface area contributed by atoms with E-state index in [-0.39, 0.29) is 12.6 Å². The van der Waals surface area contributed by atoms with Crippen molar-refractivity contribution in [3.8, 4) is 0 Å². The van der Waals surface area contributed by atoms with Crippen molar-refractivity contribution >= 4 is 5.69 Å². The quantitative estimate of drug-likeness (QED) is 0.757. The van der Waals surface area contributed by atoms with Crippen LogP contribution in [-0.2, 0) is 0 Å². The Morgan fingerprint density at radius 2 is 2.06 bits per heavy atom. The van der Waals surface area contributed by atoms with Gasteiger partial charge in [0, 0.05) is 25.3 Å². The summed E-state index contributed by atoms with van der Waals surface area (Å²) < 4.78 is 0. The zero-order chi connectivity index (χ0) is 12.7. The van der Waals surface area contributed by atoms with Crippen LogP contribution in [0.5, 0.6) is 0 Å². The molecule has 1 unspecified atom stereocenters. The van der Waals surface area contributed by atoms with E-state index < -0.39 is 0 Å². The summed E-state index contributed by atoms with van der Waals surface area (Å²) in [4.78, 5) is 2.25.